The topological polar surface area (TPSA) is 49.0 Å². The fourth-order valence-electron chi connectivity index (χ4n) is 4.23. The molecule has 0 unspecified atom stereocenters. The van der Waals surface area contributed by atoms with E-state index in [-0.39, 0.29) is 11.7 Å². The van der Waals surface area contributed by atoms with Crippen LogP contribution in [-0.4, -0.2) is 33.6 Å². The molecule has 0 radical (unpaired) electrons. The lowest BCUT2D eigenvalue weighted by Gasteiger charge is -2.43. The number of nitrogens with zero attached hydrogens (tertiary/aromatic N) is 2. The van der Waals surface area contributed by atoms with Gasteiger partial charge in [0.25, 0.3) is 5.91 Å². The summed E-state index contributed by atoms with van der Waals surface area (Å²) in [5.41, 5.74) is 2.01. The Labute approximate surface area is 141 Å². The minimum atomic E-state index is -0.276. The van der Waals surface area contributed by atoms with Crippen LogP contribution < -0.4 is 0 Å². The van der Waals surface area contributed by atoms with Crippen molar-refractivity contribution in [2.45, 2.75) is 44.6 Å². The Morgan fingerprint density at radius 2 is 1.88 bits per heavy atom. The number of hydrogen-bond donors (Lipinski definition) is 1. The maximum absolute atomic E-state index is 13.0. The van der Waals surface area contributed by atoms with Gasteiger partial charge in [0, 0.05) is 18.2 Å². The molecule has 2 heterocycles. The summed E-state index contributed by atoms with van der Waals surface area (Å²) in [4.78, 5) is 15.0. The van der Waals surface area contributed by atoms with Gasteiger partial charge in [-0.2, -0.15) is 5.10 Å². The number of nitrogens with one attached hydrogen (secondary N) is 1. The van der Waals surface area contributed by atoms with E-state index < -0.39 is 0 Å². The largest absolute Gasteiger partial charge is 0.334 e. The summed E-state index contributed by atoms with van der Waals surface area (Å²) >= 11 is 0. The van der Waals surface area contributed by atoms with E-state index in [0.29, 0.717) is 23.3 Å². The van der Waals surface area contributed by atoms with Gasteiger partial charge in [0.05, 0.1) is 5.69 Å². The molecular formula is C19H22FN3O. The number of H-pyrrole nitrogens is 1. The second kappa shape index (κ2) is 6.38. The smallest absolute Gasteiger partial charge is 0.272 e. The van der Waals surface area contributed by atoms with E-state index in [9.17, 15) is 9.18 Å². The summed E-state index contributed by atoms with van der Waals surface area (Å²) in [6.07, 6.45) is 7.22. The first kappa shape index (κ1) is 15.4. The Bertz CT molecular complexity index is 722. The Balaban J connectivity index is 1.55. The second-order valence-corrected chi connectivity index (χ2v) is 6.93. The number of aromatic amines is 1. The molecule has 1 aliphatic heterocycles. The third-order valence-corrected chi connectivity index (χ3v) is 5.45. The second-order valence-electron chi connectivity index (χ2n) is 6.93. The molecule has 1 aromatic carbocycles. The van der Waals surface area contributed by atoms with Crippen molar-refractivity contribution < 1.29 is 9.18 Å². The summed E-state index contributed by atoms with van der Waals surface area (Å²) in [6.45, 7) is 0.838. The predicted molar refractivity (Wildman–Crippen MR) is 90.0 cm³/mol. The van der Waals surface area contributed by atoms with Crippen LogP contribution in [0.15, 0.2) is 30.3 Å². The summed E-state index contributed by atoms with van der Waals surface area (Å²) in [5.74, 6) is 0.436. The van der Waals surface area contributed by atoms with E-state index in [1.54, 1.807) is 18.2 Å². The van der Waals surface area contributed by atoms with Crippen molar-refractivity contribution in [1.29, 1.82) is 0 Å². The van der Waals surface area contributed by atoms with Crippen molar-refractivity contribution >= 4 is 5.91 Å². The fraction of sp³-hybridized carbons (Fsp3) is 0.474. The molecule has 2 atom stereocenters. The van der Waals surface area contributed by atoms with E-state index in [1.807, 2.05) is 0 Å². The van der Waals surface area contributed by atoms with Crippen LogP contribution in [-0.2, 0) is 0 Å². The zero-order valence-electron chi connectivity index (χ0n) is 13.7. The molecule has 1 N–H and O–H groups in total. The van der Waals surface area contributed by atoms with Crippen LogP contribution in [0.2, 0.25) is 0 Å². The molecule has 4 rings (SSSR count). The highest BCUT2D eigenvalue weighted by molar-refractivity contribution is 5.93. The lowest BCUT2D eigenvalue weighted by molar-refractivity contribution is 0.0385. The molecule has 0 spiro atoms. The molecule has 24 heavy (non-hydrogen) atoms. The van der Waals surface area contributed by atoms with Crippen LogP contribution in [0.25, 0.3) is 11.3 Å². The SMILES string of the molecule is O=C(c1cc(-c2ccc(F)cc2)n[nH]1)N1CCC[C@@H]2CCCC[C@H]21. The van der Waals surface area contributed by atoms with E-state index in [4.69, 9.17) is 0 Å². The first-order valence-corrected chi connectivity index (χ1v) is 8.85. The molecule has 2 aromatic rings. The van der Waals surface area contributed by atoms with Crippen molar-refractivity contribution in [2.75, 3.05) is 6.54 Å². The quantitative estimate of drug-likeness (QED) is 0.906. The number of carbonyl (C=O) groups is 1. The summed E-state index contributed by atoms with van der Waals surface area (Å²) in [6, 6.07) is 8.33. The zero-order chi connectivity index (χ0) is 16.5. The molecule has 1 aromatic heterocycles. The van der Waals surface area contributed by atoms with Crippen LogP contribution in [0.4, 0.5) is 4.39 Å². The molecule has 1 saturated carbocycles. The number of amides is 1. The zero-order valence-corrected chi connectivity index (χ0v) is 13.7. The van der Waals surface area contributed by atoms with Gasteiger partial charge in [0.1, 0.15) is 11.5 Å². The lowest BCUT2D eigenvalue weighted by Crippen LogP contribution is -2.49. The average Bonchev–Trinajstić information content (AvgIpc) is 3.11. The molecule has 1 amide bonds. The van der Waals surface area contributed by atoms with Gasteiger partial charge in [-0.05, 0) is 61.9 Å². The van der Waals surface area contributed by atoms with E-state index in [0.717, 1.165) is 24.9 Å². The highest BCUT2D eigenvalue weighted by Crippen LogP contribution is 2.36. The van der Waals surface area contributed by atoms with Crippen molar-refractivity contribution in [3.05, 3.63) is 41.8 Å². The van der Waals surface area contributed by atoms with Gasteiger partial charge in [-0.3, -0.25) is 9.89 Å². The highest BCUT2D eigenvalue weighted by Gasteiger charge is 2.36. The molecular weight excluding hydrogens is 305 g/mol. The number of carbonyl (C=O) groups excluding carboxylic acids is 1. The van der Waals surface area contributed by atoms with Crippen molar-refractivity contribution in [2.24, 2.45) is 5.92 Å². The monoisotopic (exact) mass is 327 g/mol. The summed E-state index contributed by atoms with van der Waals surface area (Å²) < 4.78 is 13.0. The van der Waals surface area contributed by atoms with Crippen LogP contribution in [0, 0.1) is 11.7 Å². The van der Waals surface area contributed by atoms with Gasteiger partial charge in [0.2, 0.25) is 0 Å². The maximum Gasteiger partial charge on any atom is 0.272 e. The molecule has 2 fully saturated rings. The van der Waals surface area contributed by atoms with E-state index in [2.05, 4.69) is 15.1 Å². The summed E-state index contributed by atoms with van der Waals surface area (Å²) in [5, 5.41) is 7.12. The number of hydrogen-bond acceptors (Lipinski definition) is 2. The Morgan fingerprint density at radius 1 is 1.12 bits per heavy atom. The van der Waals surface area contributed by atoms with Gasteiger partial charge in [-0.25, -0.2) is 4.39 Å². The average molecular weight is 327 g/mol. The molecule has 1 aliphatic carbocycles. The maximum atomic E-state index is 13.0. The van der Waals surface area contributed by atoms with E-state index >= 15 is 0 Å². The number of aromatic nitrogens is 2. The molecule has 5 heteroatoms. The summed E-state index contributed by atoms with van der Waals surface area (Å²) in [7, 11) is 0. The van der Waals surface area contributed by atoms with Gasteiger partial charge in [0.15, 0.2) is 0 Å². The molecule has 1 saturated heterocycles. The number of likely N-dealkylation sites (tertiary alicyclic amines) is 1. The number of piperidine rings is 1. The van der Waals surface area contributed by atoms with Crippen LogP contribution in [0.3, 0.4) is 0 Å². The van der Waals surface area contributed by atoms with Crippen LogP contribution in [0.1, 0.15) is 49.0 Å². The third-order valence-electron chi connectivity index (χ3n) is 5.45. The first-order chi connectivity index (χ1) is 11.7. The first-order valence-electron chi connectivity index (χ1n) is 8.85. The molecule has 126 valence electrons. The molecule has 4 nitrogen and oxygen atoms in total. The van der Waals surface area contributed by atoms with Gasteiger partial charge >= 0.3 is 0 Å². The standard InChI is InChI=1S/C19H22FN3O/c20-15-9-7-13(8-10-15)16-12-17(22-21-16)19(24)23-11-3-5-14-4-1-2-6-18(14)23/h7-10,12,14,18H,1-6,11H2,(H,21,22)/t14-,18+/m0/s1. The molecule has 2 aliphatic rings. The number of benzene rings is 1. The number of halogens is 1. The number of fused-ring (bicyclic) bond motifs is 1. The van der Waals surface area contributed by atoms with Crippen molar-refractivity contribution in [3.8, 4) is 11.3 Å². The lowest BCUT2D eigenvalue weighted by atomic mass is 9.78. The fourth-order valence-corrected chi connectivity index (χ4v) is 4.23. The van der Waals surface area contributed by atoms with Crippen LogP contribution >= 0.6 is 0 Å². The Hall–Kier alpha value is -2.17. The molecule has 0 bridgehead atoms. The Morgan fingerprint density at radius 3 is 2.71 bits per heavy atom. The normalized spacial score (nSPS) is 23.8. The van der Waals surface area contributed by atoms with Gasteiger partial charge in [-0.1, -0.05) is 12.8 Å². The third kappa shape index (κ3) is 2.83. The van der Waals surface area contributed by atoms with Gasteiger partial charge < -0.3 is 4.90 Å². The van der Waals surface area contributed by atoms with E-state index in [1.165, 1.54) is 37.8 Å². The highest BCUT2D eigenvalue weighted by atomic mass is 19.1. The minimum Gasteiger partial charge on any atom is -0.334 e. The van der Waals surface area contributed by atoms with Crippen molar-refractivity contribution in [3.63, 3.8) is 0 Å². The number of rotatable bonds is 2. The Kier molecular flexibility index (Phi) is 4.08. The minimum absolute atomic E-state index is 0.0486. The van der Waals surface area contributed by atoms with Crippen LogP contribution in [0.5, 0.6) is 0 Å². The van der Waals surface area contributed by atoms with Crippen molar-refractivity contribution in [1.82, 2.24) is 15.1 Å². The predicted octanol–water partition coefficient (Wildman–Crippen LogP) is 4.01. The van der Waals surface area contributed by atoms with Gasteiger partial charge in [-0.15, -0.1) is 0 Å².